The molecule has 0 aliphatic heterocycles. The Labute approximate surface area is 180 Å². The lowest BCUT2D eigenvalue weighted by Gasteiger charge is -2.13. The molecule has 0 aliphatic carbocycles. The second-order valence-corrected chi connectivity index (χ2v) is 7.13. The van der Waals surface area contributed by atoms with Gasteiger partial charge in [0.15, 0.2) is 5.75 Å². The molecule has 150 valence electrons. The maximum atomic E-state index is 11.7. The van der Waals surface area contributed by atoms with Crippen molar-refractivity contribution in [2.75, 3.05) is 11.9 Å². The van der Waals surface area contributed by atoms with Crippen LogP contribution < -0.4 is 10.1 Å². The monoisotopic (exact) mass is 429 g/mol. The van der Waals surface area contributed by atoms with E-state index in [2.05, 4.69) is 5.32 Å². The minimum Gasteiger partial charge on any atom is -0.486 e. The standard InChI is InChI=1S/C23H21Cl2NO3/c1-2-28-23(27)18-8-10-19(11-9-18)26-14-17-12-20(24)22(21(25)13-17)29-15-16-6-4-3-5-7-16/h3-13,26H,2,14-15H2,1H3. The highest BCUT2D eigenvalue weighted by molar-refractivity contribution is 6.37. The van der Waals surface area contributed by atoms with E-state index in [1.807, 2.05) is 54.6 Å². The minimum atomic E-state index is -0.330. The Kier molecular flexibility index (Phi) is 7.39. The Balaban J connectivity index is 1.61. The largest absolute Gasteiger partial charge is 0.486 e. The summed E-state index contributed by atoms with van der Waals surface area (Å²) in [6.07, 6.45) is 0. The van der Waals surface area contributed by atoms with Crippen LogP contribution in [0.25, 0.3) is 0 Å². The van der Waals surface area contributed by atoms with E-state index in [4.69, 9.17) is 32.7 Å². The number of benzene rings is 3. The highest BCUT2D eigenvalue weighted by atomic mass is 35.5. The molecule has 0 saturated heterocycles. The molecule has 6 heteroatoms. The second-order valence-electron chi connectivity index (χ2n) is 6.31. The summed E-state index contributed by atoms with van der Waals surface area (Å²) >= 11 is 12.8. The highest BCUT2D eigenvalue weighted by Gasteiger charge is 2.11. The van der Waals surface area contributed by atoms with Crippen LogP contribution in [-0.2, 0) is 17.9 Å². The summed E-state index contributed by atoms with van der Waals surface area (Å²) in [5.74, 6) is 0.142. The third-order valence-corrected chi connectivity index (χ3v) is 4.74. The number of esters is 1. The van der Waals surface area contributed by atoms with E-state index in [0.717, 1.165) is 16.8 Å². The lowest BCUT2D eigenvalue weighted by atomic mass is 10.2. The van der Waals surface area contributed by atoms with Crippen molar-refractivity contribution in [3.8, 4) is 5.75 Å². The Bertz CT molecular complexity index is 937. The lowest BCUT2D eigenvalue weighted by molar-refractivity contribution is 0.0526. The first-order valence-electron chi connectivity index (χ1n) is 9.22. The number of hydrogen-bond acceptors (Lipinski definition) is 4. The second kappa shape index (κ2) is 10.2. The fourth-order valence-corrected chi connectivity index (χ4v) is 3.37. The predicted octanol–water partition coefficient (Wildman–Crippen LogP) is 6.36. The van der Waals surface area contributed by atoms with Gasteiger partial charge in [0.25, 0.3) is 0 Å². The Hall–Kier alpha value is -2.69. The van der Waals surface area contributed by atoms with Crippen molar-refractivity contribution in [1.29, 1.82) is 0 Å². The average molecular weight is 430 g/mol. The SMILES string of the molecule is CCOC(=O)c1ccc(NCc2cc(Cl)c(OCc3ccccc3)c(Cl)c2)cc1. The maximum Gasteiger partial charge on any atom is 0.338 e. The molecule has 0 bridgehead atoms. The van der Waals surface area contributed by atoms with E-state index in [0.29, 0.717) is 41.1 Å². The third kappa shape index (κ3) is 5.89. The van der Waals surface area contributed by atoms with Crippen LogP contribution in [0.4, 0.5) is 5.69 Å². The zero-order chi connectivity index (χ0) is 20.6. The molecular weight excluding hydrogens is 409 g/mol. The Morgan fingerprint density at radius 2 is 1.59 bits per heavy atom. The molecule has 3 aromatic rings. The van der Waals surface area contributed by atoms with Crippen molar-refractivity contribution >= 4 is 34.9 Å². The quantitative estimate of drug-likeness (QED) is 0.423. The molecule has 0 heterocycles. The first kappa shape index (κ1) is 21.0. The smallest absolute Gasteiger partial charge is 0.338 e. The van der Waals surface area contributed by atoms with Crippen LogP contribution in [0, 0.1) is 0 Å². The lowest BCUT2D eigenvalue weighted by Crippen LogP contribution is -2.05. The van der Waals surface area contributed by atoms with Gasteiger partial charge >= 0.3 is 5.97 Å². The fraction of sp³-hybridized carbons (Fsp3) is 0.174. The molecule has 3 aromatic carbocycles. The molecule has 0 aliphatic rings. The van der Waals surface area contributed by atoms with E-state index in [1.165, 1.54) is 0 Å². The Morgan fingerprint density at radius 3 is 2.21 bits per heavy atom. The summed E-state index contributed by atoms with van der Waals surface area (Å²) in [4.78, 5) is 11.7. The van der Waals surface area contributed by atoms with Gasteiger partial charge in [-0.2, -0.15) is 0 Å². The van der Waals surface area contributed by atoms with Crippen molar-refractivity contribution < 1.29 is 14.3 Å². The zero-order valence-corrected chi connectivity index (χ0v) is 17.5. The summed E-state index contributed by atoms with van der Waals surface area (Å²) in [6.45, 7) is 3.05. The number of anilines is 1. The summed E-state index contributed by atoms with van der Waals surface area (Å²) in [7, 11) is 0. The van der Waals surface area contributed by atoms with Crippen LogP contribution >= 0.6 is 23.2 Å². The number of ether oxygens (including phenoxy) is 2. The van der Waals surface area contributed by atoms with Gasteiger partial charge in [-0.15, -0.1) is 0 Å². The summed E-state index contributed by atoms with van der Waals surface area (Å²) in [5.41, 5.74) is 3.34. The molecule has 4 nitrogen and oxygen atoms in total. The van der Waals surface area contributed by atoms with Gasteiger partial charge in [0.1, 0.15) is 6.61 Å². The molecule has 3 rings (SSSR count). The first-order chi connectivity index (χ1) is 14.1. The van der Waals surface area contributed by atoms with Gasteiger partial charge in [-0.25, -0.2) is 4.79 Å². The average Bonchev–Trinajstić information content (AvgIpc) is 2.73. The van der Waals surface area contributed by atoms with Crippen molar-refractivity contribution in [1.82, 2.24) is 0 Å². The number of carbonyl (C=O) groups excluding carboxylic acids is 1. The van der Waals surface area contributed by atoms with Crippen LogP contribution in [-0.4, -0.2) is 12.6 Å². The molecule has 0 atom stereocenters. The van der Waals surface area contributed by atoms with Gasteiger partial charge in [0, 0.05) is 12.2 Å². The van der Waals surface area contributed by atoms with Crippen LogP contribution in [0.15, 0.2) is 66.7 Å². The van der Waals surface area contributed by atoms with Crippen LogP contribution in [0.2, 0.25) is 10.0 Å². The van der Waals surface area contributed by atoms with Gasteiger partial charge in [-0.05, 0) is 54.4 Å². The molecule has 0 aromatic heterocycles. The normalized spacial score (nSPS) is 10.4. The zero-order valence-electron chi connectivity index (χ0n) is 16.0. The molecule has 0 radical (unpaired) electrons. The van der Waals surface area contributed by atoms with E-state index in [1.54, 1.807) is 19.1 Å². The summed E-state index contributed by atoms with van der Waals surface area (Å²) in [6, 6.07) is 20.6. The van der Waals surface area contributed by atoms with E-state index < -0.39 is 0 Å². The van der Waals surface area contributed by atoms with Crippen molar-refractivity contribution in [2.24, 2.45) is 0 Å². The fourth-order valence-electron chi connectivity index (χ4n) is 2.72. The van der Waals surface area contributed by atoms with Crippen molar-refractivity contribution in [3.05, 3.63) is 93.5 Å². The summed E-state index contributed by atoms with van der Waals surface area (Å²) in [5, 5.41) is 4.20. The topological polar surface area (TPSA) is 47.6 Å². The summed E-state index contributed by atoms with van der Waals surface area (Å²) < 4.78 is 10.8. The third-order valence-electron chi connectivity index (χ3n) is 4.18. The van der Waals surface area contributed by atoms with Gasteiger partial charge in [0.05, 0.1) is 22.2 Å². The van der Waals surface area contributed by atoms with Gasteiger partial charge in [-0.1, -0.05) is 53.5 Å². The maximum absolute atomic E-state index is 11.7. The molecule has 29 heavy (non-hydrogen) atoms. The molecule has 0 spiro atoms. The van der Waals surface area contributed by atoms with Crippen LogP contribution in [0.3, 0.4) is 0 Å². The van der Waals surface area contributed by atoms with Gasteiger partial charge < -0.3 is 14.8 Å². The number of carbonyl (C=O) groups is 1. The molecule has 0 amide bonds. The molecule has 0 unspecified atom stereocenters. The van der Waals surface area contributed by atoms with Crippen molar-refractivity contribution in [3.63, 3.8) is 0 Å². The minimum absolute atomic E-state index is 0.330. The highest BCUT2D eigenvalue weighted by Crippen LogP contribution is 2.35. The molecule has 1 N–H and O–H groups in total. The van der Waals surface area contributed by atoms with Crippen molar-refractivity contribution in [2.45, 2.75) is 20.1 Å². The van der Waals surface area contributed by atoms with Crippen LogP contribution in [0.5, 0.6) is 5.75 Å². The van der Waals surface area contributed by atoms with E-state index in [9.17, 15) is 4.79 Å². The molecule has 0 saturated carbocycles. The van der Waals surface area contributed by atoms with E-state index in [-0.39, 0.29) is 5.97 Å². The number of rotatable bonds is 8. The Morgan fingerprint density at radius 1 is 0.931 bits per heavy atom. The molecule has 0 fully saturated rings. The first-order valence-corrected chi connectivity index (χ1v) is 9.98. The van der Waals surface area contributed by atoms with Gasteiger partial charge in [-0.3, -0.25) is 0 Å². The number of nitrogens with one attached hydrogen (secondary N) is 1. The van der Waals surface area contributed by atoms with E-state index >= 15 is 0 Å². The van der Waals surface area contributed by atoms with Gasteiger partial charge in [0.2, 0.25) is 0 Å². The number of halogens is 2. The predicted molar refractivity (Wildman–Crippen MR) is 117 cm³/mol. The van der Waals surface area contributed by atoms with Crippen LogP contribution in [0.1, 0.15) is 28.4 Å². The molecular formula is C23H21Cl2NO3. The number of hydrogen-bond donors (Lipinski definition) is 1.